The van der Waals surface area contributed by atoms with E-state index in [1.54, 1.807) is 0 Å². The third-order valence-corrected chi connectivity index (χ3v) is 5.94. The molecule has 1 rings (SSSR count). The molecule has 0 aromatic carbocycles. The number of piperidine rings is 1. The van der Waals surface area contributed by atoms with Crippen LogP contribution in [-0.4, -0.2) is 69.5 Å². The van der Waals surface area contributed by atoms with Crippen LogP contribution in [0.15, 0.2) is 4.99 Å². The smallest absolute Gasteiger partial charge is 0.469 e. The molecule has 0 atom stereocenters. The Morgan fingerprint density at radius 3 is 2.39 bits per heavy atom. The average molecular weight is 430 g/mol. The summed E-state index contributed by atoms with van der Waals surface area (Å²) >= 11 is 0. The van der Waals surface area contributed by atoms with Gasteiger partial charge in [-0.25, -0.2) is 8.42 Å². The predicted octanol–water partition coefficient (Wildman–Crippen LogP) is 1.59. The maximum atomic E-state index is 12.6. The van der Waals surface area contributed by atoms with Crippen LogP contribution in [0.3, 0.4) is 0 Å². The van der Waals surface area contributed by atoms with Crippen LogP contribution >= 0.6 is 0 Å². The fourth-order valence-electron chi connectivity index (χ4n) is 2.75. The van der Waals surface area contributed by atoms with Crippen molar-refractivity contribution in [3.8, 4) is 0 Å². The molecule has 1 heterocycles. The fraction of sp³-hybridized carbons (Fsp3) is 0.875. The van der Waals surface area contributed by atoms with Crippen molar-refractivity contribution in [2.75, 3.05) is 33.3 Å². The van der Waals surface area contributed by atoms with Crippen LogP contribution in [0.25, 0.3) is 0 Å². The number of hydrogen-bond acceptors (Lipinski definition) is 5. The van der Waals surface area contributed by atoms with Crippen molar-refractivity contribution < 1.29 is 31.1 Å². The van der Waals surface area contributed by atoms with E-state index >= 15 is 0 Å². The number of ether oxygens (including phenoxy) is 1. The van der Waals surface area contributed by atoms with Crippen molar-refractivity contribution in [2.45, 2.75) is 57.0 Å². The van der Waals surface area contributed by atoms with Crippen LogP contribution < -0.4 is 10.6 Å². The van der Waals surface area contributed by atoms with Gasteiger partial charge in [-0.15, -0.1) is 0 Å². The van der Waals surface area contributed by atoms with Crippen molar-refractivity contribution in [3.05, 3.63) is 0 Å². The van der Waals surface area contributed by atoms with Gasteiger partial charge in [0.05, 0.1) is 7.11 Å². The quantitative estimate of drug-likeness (QED) is 0.249. The molecule has 1 saturated heterocycles. The van der Waals surface area contributed by atoms with Gasteiger partial charge in [-0.2, -0.15) is 17.5 Å². The van der Waals surface area contributed by atoms with E-state index in [0.717, 1.165) is 19.3 Å². The summed E-state index contributed by atoms with van der Waals surface area (Å²) in [6.07, 6.45) is 3.23. The predicted molar refractivity (Wildman–Crippen MR) is 99.2 cm³/mol. The summed E-state index contributed by atoms with van der Waals surface area (Å²) in [6, 6.07) is -0.156. The minimum atomic E-state index is -5.27. The van der Waals surface area contributed by atoms with Gasteiger partial charge < -0.3 is 15.4 Å². The highest BCUT2D eigenvalue weighted by Gasteiger charge is 2.50. The van der Waals surface area contributed by atoms with E-state index in [2.05, 4.69) is 20.4 Å². The van der Waals surface area contributed by atoms with Gasteiger partial charge >= 0.3 is 21.5 Å². The van der Waals surface area contributed by atoms with Crippen LogP contribution in [0.2, 0.25) is 0 Å². The van der Waals surface area contributed by atoms with Gasteiger partial charge in [0.2, 0.25) is 0 Å². The van der Waals surface area contributed by atoms with E-state index in [1.807, 2.05) is 6.92 Å². The van der Waals surface area contributed by atoms with Crippen molar-refractivity contribution in [1.29, 1.82) is 0 Å². The summed E-state index contributed by atoms with van der Waals surface area (Å²) in [5.41, 5.74) is -5.27. The molecule has 1 fully saturated rings. The Bertz CT molecular complexity index is 618. The highest BCUT2D eigenvalue weighted by molar-refractivity contribution is 7.90. The summed E-state index contributed by atoms with van der Waals surface area (Å²) < 4.78 is 65.8. The number of carbonyl (C=O) groups excluding carboxylic acids is 1. The van der Waals surface area contributed by atoms with Gasteiger partial charge in [-0.1, -0.05) is 6.42 Å². The van der Waals surface area contributed by atoms with E-state index in [9.17, 15) is 26.4 Å². The second kappa shape index (κ2) is 11.4. The maximum Gasteiger partial charge on any atom is 0.511 e. The summed E-state index contributed by atoms with van der Waals surface area (Å²) in [5.74, 6) is 0.310. The number of sulfonamides is 1. The molecule has 0 aliphatic carbocycles. The summed E-state index contributed by atoms with van der Waals surface area (Å²) in [4.78, 5) is 15.4. The average Bonchev–Trinajstić information content (AvgIpc) is 2.63. The van der Waals surface area contributed by atoms with Crippen LogP contribution in [0.1, 0.15) is 45.4 Å². The van der Waals surface area contributed by atoms with E-state index < -0.39 is 15.5 Å². The lowest BCUT2D eigenvalue weighted by atomic mass is 10.1. The Hall–Kier alpha value is -1.56. The number of nitrogens with zero attached hydrogens (tertiary/aromatic N) is 2. The molecule has 0 bridgehead atoms. The minimum absolute atomic E-state index is 0.156. The topological polar surface area (TPSA) is 100 Å². The first-order valence-electron chi connectivity index (χ1n) is 9.30. The molecule has 0 amide bonds. The molecule has 164 valence electrons. The van der Waals surface area contributed by atoms with Gasteiger partial charge in [-0.05, 0) is 32.6 Å². The molecule has 0 spiro atoms. The molecule has 0 aromatic rings. The number of nitrogens with one attached hydrogen (secondary N) is 2. The first-order valence-corrected chi connectivity index (χ1v) is 10.7. The van der Waals surface area contributed by atoms with Gasteiger partial charge in [0.1, 0.15) is 0 Å². The van der Waals surface area contributed by atoms with Crippen molar-refractivity contribution >= 4 is 22.0 Å². The molecule has 0 aromatic heterocycles. The number of methoxy groups -OCH3 is 1. The van der Waals surface area contributed by atoms with E-state index in [-0.39, 0.29) is 37.9 Å². The molecule has 1 aliphatic heterocycles. The van der Waals surface area contributed by atoms with Gasteiger partial charge in [0, 0.05) is 38.6 Å². The zero-order chi connectivity index (χ0) is 21.2. The number of alkyl halides is 3. The lowest BCUT2D eigenvalue weighted by Gasteiger charge is -2.32. The summed E-state index contributed by atoms with van der Waals surface area (Å²) in [6.45, 7) is 2.68. The SMILES string of the molecule is CCNC(=NCCCCCC(=O)OC)NC1CCN(S(=O)(=O)C(F)(F)F)CC1. The molecule has 28 heavy (non-hydrogen) atoms. The van der Waals surface area contributed by atoms with Gasteiger partial charge in [0.25, 0.3) is 0 Å². The summed E-state index contributed by atoms with van der Waals surface area (Å²) in [5, 5.41) is 6.21. The lowest BCUT2D eigenvalue weighted by molar-refractivity contribution is -0.140. The Balaban J connectivity index is 2.43. The standard InChI is InChI=1S/C16H29F3N4O4S/c1-3-20-15(21-10-6-4-5-7-14(24)27-2)22-13-8-11-23(12-9-13)28(25,26)16(17,18)19/h13H,3-12H2,1-2H3,(H2,20,21,22). The number of aliphatic imine (C=N–C) groups is 1. The largest absolute Gasteiger partial charge is 0.511 e. The van der Waals surface area contributed by atoms with Gasteiger partial charge in [-0.3, -0.25) is 9.79 Å². The minimum Gasteiger partial charge on any atom is -0.469 e. The zero-order valence-electron chi connectivity index (χ0n) is 16.2. The first kappa shape index (κ1) is 24.5. The van der Waals surface area contributed by atoms with E-state index in [1.165, 1.54) is 7.11 Å². The molecular formula is C16H29F3N4O4S. The number of hydrogen-bond donors (Lipinski definition) is 2. The molecule has 0 unspecified atom stereocenters. The number of halogens is 3. The van der Waals surface area contributed by atoms with Crippen LogP contribution in [-0.2, 0) is 19.6 Å². The lowest BCUT2D eigenvalue weighted by Crippen LogP contribution is -2.51. The number of guanidine groups is 1. The van der Waals surface area contributed by atoms with Crippen molar-refractivity contribution in [3.63, 3.8) is 0 Å². The van der Waals surface area contributed by atoms with Crippen LogP contribution in [0, 0.1) is 0 Å². The molecule has 1 aliphatic rings. The second-order valence-electron chi connectivity index (χ2n) is 6.42. The molecule has 2 N–H and O–H groups in total. The Morgan fingerprint density at radius 1 is 1.21 bits per heavy atom. The molecule has 0 saturated carbocycles. The monoisotopic (exact) mass is 430 g/mol. The zero-order valence-corrected chi connectivity index (χ0v) is 17.0. The van der Waals surface area contributed by atoms with E-state index in [0.29, 0.717) is 29.8 Å². The van der Waals surface area contributed by atoms with E-state index in [4.69, 9.17) is 0 Å². The van der Waals surface area contributed by atoms with Crippen molar-refractivity contribution in [1.82, 2.24) is 14.9 Å². The number of esters is 1. The highest BCUT2D eigenvalue weighted by Crippen LogP contribution is 2.28. The van der Waals surface area contributed by atoms with Crippen molar-refractivity contribution in [2.24, 2.45) is 4.99 Å². The van der Waals surface area contributed by atoms with Gasteiger partial charge in [0.15, 0.2) is 5.96 Å². The molecule has 12 heteroatoms. The highest BCUT2D eigenvalue weighted by atomic mass is 32.2. The Kier molecular flexibility index (Phi) is 10.0. The number of carbonyl (C=O) groups is 1. The third-order valence-electron chi connectivity index (χ3n) is 4.31. The molecule has 0 radical (unpaired) electrons. The number of unbranched alkanes of at least 4 members (excludes halogenated alkanes) is 2. The number of rotatable bonds is 9. The fourth-order valence-corrected chi connectivity index (χ4v) is 3.74. The molecule has 8 nitrogen and oxygen atoms in total. The normalized spacial score (nSPS) is 17.4. The van der Waals surface area contributed by atoms with Crippen LogP contribution in [0.4, 0.5) is 13.2 Å². The third kappa shape index (κ3) is 7.82. The first-order chi connectivity index (χ1) is 13.1. The van der Waals surface area contributed by atoms with Crippen LogP contribution in [0.5, 0.6) is 0 Å². The molecular weight excluding hydrogens is 401 g/mol. The second-order valence-corrected chi connectivity index (χ2v) is 8.35. The Morgan fingerprint density at radius 2 is 1.86 bits per heavy atom. The summed E-state index contributed by atoms with van der Waals surface area (Å²) in [7, 11) is -3.91. The maximum absolute atomic E-state index is 12.6. The Labute approximate surface area is 163 Å².